The van der Waals surface area contributed by atoms with Gasteiger partial charge >= 0.3 is 11.9 Å². The molecule has 2 heterocycles. The number of aliphatic hydroxyl groups is 1. The standard InChI is InChI=1S/C56H87N17O15S/c1-29(2)21-39(51(84)68-37(13-8-9-18-57)49(82)65-27-45(80)89-20-17-44(78)79)70-52(85)40(22-32-24-63-36-12-7-6-11-34(32)36)71-50(83)38(14-10-19-62-56(59)60)69-53(86)41(23-33-25-61-28-66-33)67-42(75)26-64-54(87)47(31(5)74)73-55(88)46(30(3)4)72-48(81)35(58)15-16-43(76)77/h6-7,11-12,24-25,28-31,35,37-41,46-47,63,74H,8-10,13-23,26-27,57-58H2,1-5H3,(H,61,66)(H,64,87)(H,65,82)(H,67,75)(H,68,84)(H,69,86)(H,70,85)(H,71,83)(H,72,81)(H,73,88)(H,76,77)(H,78,79)(H4,59,60,62)/t31-,35+,37+,38+,39+,40+,41+,46+,47+/m1/s1. The zero-order valence-electron chi connectivity index (χ0n) is 50.6. The monoisotopic (exact) mass is 1270 g/mol. The van der Waals surface area contributed by atoms with Gasteiger partial charge in [-0.3, -0.25) is 62.5 Å². The van der Waals surface area contributed by atoms with Gasteiger partial charge in [0, 0.05) is 60.6 Å². The molecular formula is C56H87N17O15S. The highest BCUT2D eigenvalue weighted by molar-refractivity contribution is 8.13. The van der Waals surface area contributed by atoms with Gasteiger partial charge < -0.3 is 96.1 Å². The highest BCUT2D eigenvalue weighted by Gasteiger charge is 2.36. The highest BCUT2D eigenvalue weighted by atomic mass is 32.2. The summed E-state index contributed by atoms with van der Waals surface area (Å²) in [5, 5.41) is 51.7. The third-order valence-electron chi connectivity index (χ3n) is 13.6. The molecule has 22 N–H and O–H groups in total. The second-order valence-corrected chi connectivity index (χ2v) is 23.0. The number of amides is 9. The number of nitrogens with one attached hydrogen (secondary N) is 11. The Kier molecular flexibility index (Phi) is 32.3. The van der Waals surface area contributed by atoms with Crippen LogP contribution < -0.4 is 70.8 Å². The summed E-state index contributed by atoms with van der Waals surface area (Å²) in [6.07, 6.45) is 2.39. The van der Waals surface area contributed by atoms with Crippen molar-refractivity contribution in [2.75, 3.05) is 31.9 Å². The van der Waals surface area contributed by atoms with Crippen molar-refractivity contribution < 1.29 is 72.9 Å². The van der Waals surface area contributed by atoms with E-state index in [9.17, 15) is 62.6 Å². The largest absolute Gasteiger partial charge is 0.481 e. The Hall–Kier alpha value is -8.69. The number of guanidine groups is 1. The number of aliphatic imine (C=N–C) groups is 1. The SMILES string of the molecule is CC(C)C[C@H](NC(=O)[C@H](Cc1c[nH]c2ccccc12)NC(=O)[C@H](CCCN=C(N)N)NC(=O)[C@H](Cc1cnc[nH]1)NC(=O)CNC(=O)[C@@H](NC(=O)[C@@H](NC(=O)[C@@H](N)CCC(=O)O)C(C)C)[C@@H](C)O)C(=O)N[C@@H](CCCCN)C(=O)NCC(=O)SCCC(=O)O. The number of aliphatic carboxylic acids is 2. The lowest BCUT2D eigenvalue weighted by molar-refractivity contribution is -0.138. The van der Waals surface area contributed by atoms with Crippen LogP contribution in [0.4, 0.5) is 0 Å². The van der Waals surface area contributed by atoms with Crippen molar-refractivity contribution in [1.29, 1.82) is 0 Å². The number of carbonyl (C=O) groups excluding carboxylic acids is 10. The molecule has 0 saturated heterocycles. The van der Waals surface area contributed by atoms with E-state index in [1.54, 1.807) is 58.2 Å². The Morgan fingerprint density at radius 3 is 1.82 bits per heavy atom. The summed E-state index contributed by atoms with van der Waals surface area (Å²) in [6.45, 7) is 6.91. The topological polar surface area (TPSA) is 535 Å². The molecule has 32 nitrogen and oxygen atoms in total. The van der Waals surface area contributed by atoms with Crippen LogP contribution in [0.25, 0.3) is 10.9 Å². The van der Waals surface area contributed by atoms with Crippen LogP contribution in [-0.2, 0) is 70.4 Å². The lowest BCUT2D eigenvalue weighted by Crippen LogP contribution is -2.60. The molecule has 1 aromatic carbocycles. The summed E-state index contributed by atoms with van der Waals surface area (Å²) in [4.78, 5) is 174. The predicted octanol–water partition coefficient (Wildman–Crippen LogP) is -3.51. The van der Waals surface area contributed by atoms with Crippen LogP contribution in [0.3, 0.4) is 0 Å². The van der Waals surface area contributed by atoms with Crippen LogP contribution in [0.2, 0.25) is 0 Å². The summed E-state index contributed by atoms with van der Waals surface area (Å²) in [7, 11) is 0. The number of carbonyl (C=O) groups is 12. The molecule has 0 aliphatic heterocycles. The summed E-state index contributed by atoms with van der Waals surface area (Å²) in [5.41, 5.74) is 24.3. The van der Waals surface area contributed by atoms with Gasteiger partial charge in [-0.2, -0.15) is 0 Å². The Bertz CT molecular complexity index is 2900. The molecular weight excluding hydrogens is 1180 g/mol. The van der Waals surface area contributed by atoms with Crippen molar-refractivity contribution in [3.63, 3.8) is 0 Å². The fourth-order valence-electron chi connectivity index (χ4n) is 8.84. The molecule has 89 heavy (non-hydrogen) atoms. The van der Waals surface area contributed by atoms with Crippen LogP contribution in [0.1, 0.15) is 104 Å². The number of nitrogens with zero attached hydrogens (tertiary/aromatic N) is 2. The van der Waals surface area contributed by atoms with E-state index in [4.69, 9.17) is 33.1 Å². The maximum atomic E-state index is 14.8. The molecule has 0 radical (unpaired) electrons. The van der Waals surface area contributed by atoms with Gasteiger partial charge in [-0.05, 0) is 81.9 Å². The maximum absolute atomic E-state index is 14.8. The van der Waals surface area contributed by atoms with Crippen molar-refractivity contribution in [1.82, 2.24) is 62.8 Å². The molecule has 33 heteroatoms. The van der Waals surface area contributed by atoms with E-state index >= 15 is 0 Å². The molecule has 492 valence electrons. The molecule has 2 aromatic heterocycles. The maximum Gasteiger partial charge on any atom is 0.304 e. The van der Waals surface area contributed by atoms with Crippen molar-refractivity contribution in [2.24, 2.45) is 39.8 Å². The van der Waals surface area contributed by atoms with E-state index in [0.29, 0.717) is 35.0 Å². The molecule has 9 amide bonds. The Labute approximate surface area is 518 Å². The Balaban J connectivity index is 1.93. The first kappa shape index (κ1) is 74.6. The summed E-state index contributed by atoms with van der Waals surface area (Å²) >= 11 is 0.728. The Morgan fingerprint density at radius 1 is 0.629 bits per heavy atom. The van der Waals surface area contributed by atoms with Gasteiger partial charge in [0.05, 0.1) is 38.0 Å². The number of aliphatic hydroxyl groups excluding tert-OH is 1. The third kappa shape index (κ3) is 27.5. The van der Waals surface area contributed by atoms with Gasteiger partial charge in [-0.15, -0.1) is 0 Å². The van der Waals surface area contributed by atoms with Gasteiger partial charge in [0.1, 0.15) is 42.3 Å². The molecule has 0 fully saturated rings. The highest BCUT2D eigenvalue weighted by Crippen LogP contribution is 2.20. The van der Waals surface area contributed by atoms with Crippen LogP contribution in [0, 0.1) is 11.8 Å². The number of hydrogen-bond donors (Lipinski definition) is 18. The van der Waals surface area contributed by atoms with E-state index in [0.717, 1.165) is 11.8 Å². The van der Waals surface area contributed by atoms with Gasteiger partial charge in [-0.25, -0.2) is 4.98 Å². The van der Waals surface area contributed by atoms with Gasteiger partial charge in [0.2, 0.25) is 58.3 Å². The zero-order chi connectivity index (χ0) is 66.3. The van der Waals surface area contributed by atoms with Crippen LogP contribution in [0.15, 0.2) is 48.0 Å². The fraction of sp³-hybridized carbons (Fsp3) is 0.571. The van der Waals surface area contributed by atoms with E-state index in [2.05, 4.69) is 67.8 Å². The number of thioether (sulfide) groups is 1. The first-order valence-corrected chi connectivity index (χ1v) is 30.1. The molecule has 0 unspecified atom stereocenters. The number of carboxylic acids is 2. The summed E-state index contributed by atoms with van der Waals surface area (Å²) in [6, 6.07) is -4.04. The number of carboxylic acid groups (broad SMARTS) is 2. The summed E-state index contributed by atoms with van der Waals surface area (Å²) < 4.78 is 0. The summed E-state index contributed by atoms with van der Waals surface area (Å²) in [5.74, 6) is -11.3. The third-order valence-corrected chi connectivity index (χ3v) is 14.5. The van der Waals surface area contributed by atoms with Crippen molar-refractivity contribution >= 4 is 98.8 Å². The quantitative estimate of drug-likeness (QED) is 0.0149. The number of hydrogen-bond acceptors (Lipinski definition) is 18. The molecule has 0 spiro atoms. The number of nitrogens with two attached hydrogens (primary N) is 4. The Morgan fingerprint density at radius 2 is 1.21 bits per heavy atom. The molecule has 0 bridgehead atoms. The minimum atomic E-state index is -1.69. The van der Waals surface area contributed by atoms with Gasteiger partial charge in [0.25, 0.3) is 0 Å². The number of unbranched alkanes of at least 4 members (excludes halogenated alkanes) is 1. The number of H-pyrrole nitrogens is 2. The predicted molar refractivity (Wildman–Crippen MR) is 327 cm³/mol. The lowest BCUT2D eigenvalue weighted by Gasteiger charge is -2.28. The normalized spacial score (nSPS) is 14.2. The number of fused-ring (bicyclic) bond motifs is 1. The van der Waals surface area contributed by atoms with Crippen molar-refractivity contribution in [2.45, 2.75) is 160 Å². The second-order valence-electron chi connectivity index (χ2n) is 21.9. The van der Waals surface area contributed by atoms with Crippen molar-refractivity contribution in [3.8, 4) is 0 Å². The number of para-hydroxylation sites is 1. The molecule has 9 atom stereocenters. The van der Waals surface area contributed by atoms with Crippen molar-refractivity contribution in [3.05, 3.63) is 54.2 Å². The van der Waals surface area contributed by atoms with E-state index in [1.165, 1.54) is 19.4 Å². The number of imidazole rings is 1. The number of aromatic amines is 2. The zero-order valence-corrected chi connectivity index (χ0v) is 51.4. The van der Waals surface area contributed by atoms with E-state index in [1.807, 2.05) is 0 Å². The smallest absolute Gasteiger partial charge is 0.304 e. The molecule has 0 aliphatic rings. The van der Waals surface area contributed by atoms with E-state index in [-0.39, 0.29) is 82.1 Å². The second kappa shape index (κ2) is 38.6. The average Bonchev–Trinajstić information content (AvgIpc) is 2.58. The van der Waals surface area contributed by atoms with Crippen LogP contribution in [0.5, 0.6) is 0 Å². The minimum absolute atomic E-state index is 0.0159. The van der Waals surface area contributed by atoms with Crippen LogP contribution >= 0.6 is 11.8 Å². The number of aromatic nitrogens is 3. The number of benzene rings is 1. The van der Waals surface area contributed by atoms with Gasteiger partial charge in [0.15, 0.2) is 5.96 Å². The average molecular weight is 1270 g/mol. The molecule has 3 rings (SSSR count). The minimum Gasteiger partial charge on any atom is -0.481 e. The fourth-order valence-corrected chi connectivity index (χ4v) is 9.52. The molecule has 0 aliphatic carbocycles. The van der Waals surface area contributed by atoms with Gasteiger partial charge in [-0.1, -0.05) is 57.7 Å². The van der Waals surface area contributed by atoms with Crippen LogP contribution in [-0.4, -0.2) is 193 Å². The first-order valence-electron chi connectivity index (χ1n) is 29.1. The lowest BCUT2D eigenvalue weighted by atomic mass is 9.99. The number of rotatable bonds is 41. The first-order chi connectivity index (χ1) is 42.1. The molecule has 0 saturated carbocycles. The van der Waals surface area contributed by atoms with E-state index < -0.39 is 150 Å². The molecule has 3 aromatic rings.